The number of aromatic nitrogens is 2. The highest BCUT2D eigenvalue weighted by atomic mass is 16.2. The lowest BCUT2D eigenvalue weighted by Gasteiger charge is -2.57. The number of benzene rings is 1. The molecule has 148 valence electrons. The predicted octanol–water partition coefficient (Wildman–Crippen LogP) is 2.26. The second-order valence-corrected chi connectivity index (χ2v) is 8.68. The Labute approximate surface area is 164 Å². The standard InChI is InChI=1S/C22H28N4O2/c27-21(18-12-23-22(28)24-18)25-13-16-11-17(14-25)20(10-15-6-2-1-3-7-15)26-9-5-4-8-19(16)26/h1-3,6-7,12,16-17,19-20H,4-5,8-11,13-14H2,(H2,23,24,28)/t16-,17+,19+,20+/m1/s1. The van der Waals surface area contributed by atoms with E-state index in [-0.39, 0.29) is 11.6 Å². The number of carbonyl (C=O) groups excluding carboxylic acids is 1. The molecule has 5 rings (SSSR count). The Balaban J connectivity index is 1.41. The molecule has 3 aliphatic heterocycles. The van der Waals surface area contributed by atoms with Crippen molar-refractivity contribution in [2.75, 3.05) is 19.6 Å². The highest BCUT2D eigenvalue weighted by Gasteiger charge is 2.47. The number of hydrogen-bond donors (Lipinski definition) is 2. The van der Waals surface area contributed by atoms with Gasteiger partial charge in [0.25, 0.3) is 5.91 Å². The minimum atomic E-state index is -0.319. The molecule has 2 bridgehead atoms. The van der Waals surface area contributed by atoms with Crippen LogP contribution in [0.1, 0.15) is 41.7 Å². The molecule has 2 N–H and O–H groups in total. The first-order chi connectivity index (χ1) is 13.7. The highest BCUT2D eigenvalue weighted by molar-refractivity contribution is 5.92. The number of aromatic amines is 2. The van der Waals surface area contributed by atoms with Crippen molar-refractivity contribution in [3.63, 3.8) is 0 Å². The van der Waals surface area contributed by atoms with E-state index in [1.54, 1.807) is 0 Å². The van der Waals surface area contributed by atoms with Crippen molar-refractivity contribution < 1.29 is 4.79 Å². The van der Waals surface area contributed by atoms with E-state index in [1.807, 2.05) is 4.90 Å². The lowest BCUT2D eigenvalue weighted by atomic mass is 9.71. The molecule has 0 spiro atoms. The Morgan fingerprint density at radius 2 is 1.93 bits per heavy atom. The second kappa shape index (κ2) is 7.24. The van der Waals surface area contributed by atoms with E-state index >= 15 is 0 Å². The van der Waals surface area contributed by atoms with Crippen LogP contribution in [0.15, 0.2) is 41.3 Å². The van der Waals surface area contributed by atoms with E-state index in [0.29, 0.717) is 29.6 Å². The van der Waals surface area contributed by atoms with Crippen molar-refractivity contribution >= 4 is 5.91 Å². The lowest BCUT2D eigenvalue weighted by Crippen LogP contribution is -2.64. The topological polar surface area (TPSA) is 72.2 Å². The Hall–Kier alpha value is -2.34. The molecule has 0 unspecified atom stereocenters. The van der Waals surface area contributed by atoms with Crippen LogP contribution >= 0.6 is 0 Å². The quantitative estimate of drug-likeness (QED) is 0.858. The SMILES string of the molecule is O=C(c1c[nH]c(=O)[nH]1)N1C[C@H]2C[C@@H](C1)[C@H](Cc1ccccc1)N1CCCC[C@@H]21. The first-order valence-electron chi connectivity index (χ1n) is 10.6. The van der Waals surface area contributed by atoms with Crippen molar-refractivity contribution in [1.82, 2.24) is 19.8 Å². The summed E-state index contributed by atoms with van der Waals surface area (Å²) in [6, 6.07) is 11.8. The number of piperidine rings is 3. The molecular formula is C22H28N4O2. The summed E-state index contributed by atoms with van der Waals surface area (Å²) in [4.78, 5) is 34.4. The van der Waals surface area contributed by atoms with Crippen LogP contribution in [0.3, 0.4) is 0 Å². The van der Waals surface area contributed by atoms with Gasteiger partial charge in [-0.25, -0.2) is 4.79 Å². The number of carbonyl (C=O) groups is 1. The third kappa shape index (κ3) is 3.20. The van der Waals surface area contributed by atoms with Crippen molar-refractivity contribution in [2.45, 2.75) is 44.2 Å². The summed E-state index contributed by atoms with van der Waals surface area (Å²) in [5, 5.41) is 0. The summed E-state index contributed by atoms with van der Waals surface area (Å²) < 4.78 is 0. The number of H-pyrrole nitrogens is 2. The second-order valence-electron chi connectivity index (χ2n) is 8.68. The number of fused-ring (bicyclic) bond motifs is 4. The molecule has 4 atom stereocenters. The van der Waals surface area contributed by atoms with Crippen LogP contribution in [0.2, 0.25) is 0 Å². The lowest BCUT2D eigenvalue weighted by molar-refractivity contribution is -0.0643. The van der Waals surface area contributed by atoms with Gasteiger partial charge in [-0.1, -0.05) is 36.8 Å². The fraction of sp³-hybridized carbons (Fsp3) is 0.545. The average Bonchev–Trinajstić information content (AvgIpc) is 3.17. The van der Waals surface area contributed by atoms with E-state index in [4.69, 9.17) is 0 Å². The third-order valence-corrected chi connectivity index (χ3v) is 7.02. The highest BCUT2D eigenvalue weighted by Crippen LogP contribution is 2.42. The molecule has 0 radical (unpaired) electrons. The summed E-state index contributed by atoms with van der Waals surface area (Å²) in [5.41, 5.74) is 1.44. The summed E-state index contributed by atoms with van der Waals surface area (Å²) in [6.07, 6.45) is 7.59. The zero-order valence-corrected chi connectivity index (χ0v) is 16.1. The molecule has 1 amide bonds. The predicted molar refractivity (Wildman–Crippen MR) is 107 cm³/mol. The number of amides is 1. The largest absolute Gasteiger partial charge is 0.337 e. The minimum Gasteiger partial charge on any atom is -0.337 e. The van der Waals surface area contributed by atoms with Gasteiger partial charge < -0.3 is 14.9 Å². The van der Waals surface area contributed by atoms with E-state index in [0.717, 1.165) is 19.5 Å². The normalized spacial score (nSPS) is 30.1. The monoisotopic (exact) mass is 380 g/mol. The molecule has 6 nitrogen and oxygen atoms in total. The van der Waals surface area contributed by atoms with Gasteiger partial charge in [0.15, 0.2) is 0 Å². The van der Waals surface area contributed by atoms with Crippen molar-refractivity contribution in [1.29, 1.82) is 0 Å². The first-order valence-corrected chi connectivity index (χ1v) is 10.6. The van der Waals surface area contributed by atoms with Crippen LogP contribution in [-0.2, 0) is 6.42 Å². The van der Waals surface area contributed by atoms with Gasteiger partial charge >= 0.3 is 5.69 Å². The molecule has 3 aliphatic rings. The van der Waals surface area contributed by atoms with Crippen LogP contribution in [-0.4, -0.2) is 57.4 Å². The van der Waals surface area contributed by atoms with Crippen LogP contribution in [0.4, 0.5) is 0 Å². The van der Waals surface area contributed by atoms with Crippen LogP contribution < -0.4 is 5.69 Å². The van der Waals surface area contributed by atoms with E-state index in [9.17, 15) is 9.59 Å². The maximum atomic E-state index is 13.0. The zero-order chi connectivity index (χ0) is 19.1. The number of imidazole rings is 1. The van der Waals surface area contributed by atoms with E-state index in [2.05, 4.69) is 45.2 Å². The maximum absolute atomic E-state index is 13.0. The smallest absolute Gasteiger partial charge is 0.323 e. The van der Waals surface area contributed by atoms with Crippen molar-refractivity contribution in [2.24, 2.45) is 11.8 Å². The van der Waals surface area contributed by atoms with Gasteiger partial charge in [-0.3, -0.25) is 9.69 Å². The summed E-state index contributed by atoms with van der Waals surface area (Å²) in [7, 11) is 0. The Morgan fingerprint density at radius 1 is 1.11 bits per heavy atom. The van der Waals surface area contributed by atoms with Gasteiger partial charge in [-0.2, -0.15) is 0 Å². The molecule has 0 saturated carbocycles. The summed E-state index contributed by atoms with van der Waals surface area (Å²) in [5.74, 6) is 0.986. The van der Waals surface area contributed by atoms with Gasteiger partial charge in [0, 0.05) is 31.4 Å². The molecule has 3 saturated heterocycles. The van der Waals surface area contributed by atoms with E-state index < -0.39 is 0 Å². The van der Waals surface area contributed by atoms with Crippen molar-refractivity contribution in [3.8, 4) is 0 Å². The summed E-state index contributed by atoms with van der Waals surface area (Å²) >= 11 is 0. The zero-order valence-electron chi connectivity index (χ0n) is 16.1. The molecule has 6 heteroatoms. The van der Waals surface area contributed by atoms with Crippen molar-refractivity contribution in [3.05, 3.63) is 58.3 Å². The third-order valence-electron chi connectivity index (χ3n) is 7.02. The Kier molecular flexibility index (Phi) is 4.59. The average molecular weight is 380 g/mol. The van der Waals surface area contributed by atoms with Crippen LogP contribution in [0, 0.1) is 11.8 Å². The first kappa shape index (κ1) is 17.7. The van der Waals surface area contributed by atoms with Crippen LogP contribution in [0.5, 0.6) is 0 Å². The molecule has 0 aliphatic carbocycles. The molecule has 28 heavy (non-hydrogen) atoms. The molecule has 1 aromatic carbocycles. The van der Waals surface area contributed by atoms with Crippen LogP contribution in [0.25, 0.3) is 0 Å². The molecule has 4 heterocycles. The Bertz CT molecular complexity index is 889. The molecule has 1 aromatic heterocycles. The molecular weight excluding hydrogens is 352 g/mol. The van der Waals surface area contributed by atoms with Gasteiger partial charge in [-0.05, 0) is 49.6 Å². The number of hydrogen-bond acceptors (Lipinski definition) is 3. The number of nitrogens with zero attached hydrogens (tertiary/aromatic N) is 2. The Morgan fingerprint density at radius 3 is 2.71 bits per heavy atom. The van der Waals surface area contributed by atoms with Gasteiger partial charge in [-0.15, -0.1) is 0 Å². The summed E-state index contributed by atoms with van der Waals surface area (Å²) in [6.45, 7) is 2.78. The maximum Gasteiger partial charge on any atom is 0.323 e. The number of nitrogens with one attached hydrogen (secondary N) is 2. The fourth-order valence-corrected chi connectivity index (χ4v) is 5.83. The van der Waals surface area contributed by atoms with Gasteiger partial charge in [0.05, 0.1) is 0 Å². The van der Waals surface area contributed by atoms with Gasteiger partial charge in [0.2, 0.25) is 0 Å². The molecule has 2 aromatic rings. The number of likely N-dealkylation sites (tertiary alicyclic amines) is 1. The minimum absolute atomic E-state index is 0.0456. The molecule has 3 fully saturated rings. The number of rotatable bonds is 3. The fourth-order valence-electron chi connectivity index (χ4n) is 5.83. The van der Waals surface area contributed by atoms with E-state index in [1.165, 1.54) is 44.0 Å². The van der Waals surface area contributed by atoms with Gasteiger partial charge in [0.1, 0.15) is 5.69 Å².